The molecule has 1 aromatic rings. The van der Waals surface area contributed by atoms with Crippen molar-refractivity contribution in [1.82, 2.24) is 4.90 Å². The van der Waals surface area contributed by atoms with Gasteiger partial charge in [-0.3, -0.25) is 9.59 Å². The van der Waals surface area contributed by atoms with Crippen molar-refractivity contribution in [2.45, 2.75) is 37.5 Å². The fraction of sp³-hybridized carbons (Fsp3) is 0.474. The van der Waals surface area contributed by atoms with Crippen molar-refractivity contribution < 1.29 is 37.3 Å². The summed E-state index contributed by atoms with van der Waals surface area (Å²) in [4.78, 5) is 25.6. The minimum absolute atomic E-state index is 0.0263. The monoisotopic (exact) mass is 399 g/mol. The minimum atomic E-state index is -5.27. The Hall–Kier alpha value is -2.55. The van der Waals surface area contributed by atoms with Crippen LogP contribution >= 0.6 is 0 Å². The normalized spacial score (nSPS) is 22.6. The summed E-state index contributed by atoms with van der Waals surface area (Å²) in [7, 11) is 2.94. The average Bonchev–Trinajstić information content (AvgIpc) is 2.89. The van der Waals surface area contributed by atoms with Crippen LogP contribution in [0.4, 0.5) is 13.2 Å². The molecular formula is C19H20F3NO5. The molecule has 1 aliphatic carbocycles. The second-order valence-corrected chi connectivity index (χ2v) is 6.70. The lowest BCUT2D eigenvalue weighted by molar-refractivity contribution is -0.238. The molecular weight excluding hydrogens is 379 g/mol. The van der Waals surface area contributed by atoms with Gasteiger partial charge in [0.15, 0.2) is 17.3 Å². The summed E-state index contributed by atoms with van der Waals surface area (Å²) < 4.78 is 51.0. The molecule has 3 rings (SSSR count). The lowest BCUT2D eigenvalue weighted by Crippen LogP contribution is -2.55. The molecule has 2 aliphatic rings. The van der Waals surface area contributed by atoms with E-state index in [0.717, 1.165) is 4.90 Å². The summed E-state index contributed by atoms with van der Waals surface area (Å²) in [5.74, 6) is -1.39. The number of ether oxygens (including phenoxy) is 2. The Bertz CT molecular complexity index is 848. The Morgan fingerprint density at radius 1 is 1.14 bits per heavy atom. The average molecular weight is 399 g/mol. The molecule has 1 atom stereocenters. The SMILES string of the molecule is COc1ccc(CCN2C(=O)C(O)(C(F)(F)F)C3=C2CCCC3=O)cc1OC. The van der Waals surface area contributed by atoms with Gasteiger partial charge in [0.25, 0.3) is 11.5 Å². The van der Waals surface area contributed by atoms with Crippen LogP contribution in [0.1, 0.15) is 24.8 Å². The van der Waals surface area contributed by atoms with E-state index in [1.807, 2.05) is 0 Å². The van der Waals surface area contributed by atoms with E-state index < -0.39 is 29.0 Å². The molecule has 1 aliphatic heterocycles. The number of amides is 1. The smallest absolute Gasteiger partial charge is 0.430 e. The molecule has 9 heteroatoms. The summed E-state index contributed by atoms with van der Waals surface area (Å²) in [6, 6.07) is 5.02. The van der Waals surface area contributed by atoms with Crippen molar-refractivity contribution in [1.29, 1.82) is 0 Å². The molecule has 1 N–H and O–H groups in total. The van der Waals surface area contributed by atoms with Gasteiger partial charge in [0.05, 0.1) is 19.8 Å². The molecule has 0 bridgehead atoms. The summed E-state index contributed by atoms with van der Waals surface area (Å²) in [6.45, 7) is -0.0984. The number of carbonyl (C=O) groups is 2. The second-order valence-electron chi connectivity index (χ2n) is 6.70. The van der Waals surface area contributed by atoms with Crippen molar-refractivity contribution in [3.05, 3.63) is 35.0 Å². The van der Waals surface area contributed by atoms with Gasteiger partial charge in [-0.15, -0.1) is 0 Å². The van der Waals surface area contributed by atoms with Gasteiger partial charge < -0.3 is 19.5 Å². The number of halogens is 3. The second kappa shape index (κ2) is 7.12. The standard InChI is InChI=1S/C19H20F3NO5/c1-27-14-7-6-11(10-15(14)28-2)8-9-23-12-4-3-5-13(24)16(12)18(26,17(23)25)19(20,21)22/h6-7,10,26H,3-5,8-9H2,1-2H3. The highest BCUT2D eigenvalue weighted by molar-refractivity contribution is 6.11. The third kappa shape index (κ3) is 3.03. The number of Topliss-reactive ketones (excluding diaryl/α,β-unsaturated/α-hetero) is 1. The Kier molecular flexibility index (Phi) is 5.14. The van der Waals surface area contributed by atoms with Gasteiger partial charge in [0, 0.05) is 18.7 Å². The van der Waals surface area contributed by atoms with Gasteiger partial charge >= 0.3 is 6.18 Å². The number of hydrogen-bond acceptors (Lipinski definition) is 5. The summed E-state index contributed by atoms with van der Waals surface area (Å²) in [5.41, 5.74) is -3.90. The van der Waals surface area contributed by atoms with Crippen LogP contribution in [0.5, 0.6) is 11.5 Å². The zero-order chi connectivity index (χ0) is 20.7. The molecule has 0 saturated carbocycles. The molecule has 28 heavy (non-hydrogen) atoms. The van der Waals surface area contributed by atoms with Gasteiger partial charge in [0.2, 0.25) is 0 Å². The summed E-state index contributed by atoms with van der Waals surface area (Å²) in [6.07, 6.45) is -4.70. The molecule has 1 amide bonds. The number of rotatable bonds is 5. The zero-order valence-corrected chi connectivity index (χ0v) is 15.4. The molecule has 6 nitrogen and oxygen atoms in total. The van der Waals surface area contributed by atoms with Gasteiger partial charge in [-0.1, -0.05) is 6.07 Å². The molecule has 152 valence electrons. The van der Waals surface area contributed by atoms with Gasteiger partial charge in [0.1, 0.15) is 0 Å². The molecule has 0 saturated heterocycles. The quantitative estimate of drug-likeness (QED) is 0.823. The Morgan fingerprint density at radius 2 is 1.82 bits per heavy atom. The lowest BCUT2D eigenvalue weighted by atomic mass is 9.85. The third-order valence-electron chi connectivity index (χ3n) is 5.11. The predicted octanol–water partition coefficient (Wildman–Crippen LogP) is 2.39. The van der Waals surface area contributed by atoms with E-state index in [9.17, 15) is 27.9 Å². The first-order chi connectivity index (χ1) is 13.1. The van der Waals surface area contributed by atoms with Crippen LogP contribution in [0.15, 0.2) is 29.5 Å². The Morgan fingerprint density at radius 3 is 2.43 bits per heavy atom. The molecule has 0 aromatic heterocycles. The highest BCUT2D eigenvalue weighted by Crippen LogP contribution is 2.48. The van der Waals surface area contributed by atoms with Crippen LogP contribution in [0.3, 0.4) is 0 Å². The number of nitrogens with zero attached hydrogens (tertiary/aromatic N) is 1. The lowest BCUT2D eigenvalue weighted by Gasteiger charge is -2.27. The number of benzene rings is 1. The predicted molar refractivity (Wildman–Crippen MR) is 91.9 cm³/mol. The van der Waals surface area contributed by atoms with E-state index in [4.69, 9.17) is 9.47 Å². The van der Waals surface area contributed by atoms with E-state index in [0.29, 0.717) is 23.5 Å². The molecule has 0 spiro atoms. The fourth-order valence-corrected chi connectivity index (χ4v) is 3.71. The molecule has 1 aromatic carbocycles. The number of ketones is 1. The highest BCUT2D eigenvalue weighted by Gasteiger charge is 2.69. The van der Waals surface area contributed by atoms with Crippen molar-refractivity contribution in [2.75, 3.05) is 20.8 Å². The first-order valence-electron chi connectivity index (χ1n) is 8.74. The van der Waals surface area contributed by atoms with E-state index in [-0.39, 0.29) is 31.5 Å². The van der Waals surface area contributed by atoms with Crippen molar-refractivity contribution in [2.24, 2.45) is 0 Å². The van der Waals surface area contributed by atoms with Crippen molar-refractivity contribution in [3.8, 4) is 11.5 Å². The Labute approximate surface area is 159 Å². The molecule has 0 fully saturated rings. The number of carbonyl (C=O) groups excluding carboxylic acids is 2. The van der Waals surface area contributed by atoms with E-state index in [2.05, 4.69) is 0 Å². The first kappa shape index (κ1) is 20.2. The number of alkyl halides is 3. The first-order valence-corrected chi connectivity index (χ1v) is 8.74. The molecule has 0 radical (unpaired) electrons. The van der Waals surface area contributed by atoms with Crippen LogP contribution < -0.4 is 9.47 Å². The zero-order valence-electron chi connectivity index (χ0n) is 15.4. The van der Waals surface area contributed by atoms with E-state index in [1.54, 1.807) is 18.2 Å². The van der Waals surface area contributed by atoms with Crippen LogP contribution in [0.25, 0.3) is 0 Å². The number of methoxy groups -OCH3 is 2. The van der Waals surface area contributed by atoms with E-state index in [1.165, 1.54) is 14.2 Å². The third-order valence-corrected chi connectivity index (χ3v) is 5.11. The highest BCUT2D eigenvalue weighted by atomic mass is 19.4. The largest absolute Gasteiger partial charge is 0.493 e. The van der Waals surface area contributed by atoms with Crippen molar-refractivity contribution >= 4 is 11.7 Å². The number of allylic oxidation sites excluding steroid dienone is 1. The van der Waals surface area contributed by atoms with Gasteiger partial charge in [-0.05, 0) is 37.0 Å². The van der Waals surface area contributed by atoms with Crippen LogP contribution in [0, 0.1) is 0 Å². The summed E-state index contributed by atoms with van der Waals surface area (Å²) in [5, 5.41) is 10.2. The molecule has 1 heterocycles. The maximum Gasteiger partial charge on any atom is 0.430 e. The fourth-order valence-electron chi connectivity index (χ4n) is 3.71. The van der Waals surface area contributed by atoms with Gasteiger partial charge in [-0.2, -0.15) is 13.2 Å². The van der Waals surface area contributed by atoms with Crippen LogP contribution in [-0.4, -0.2) is 54.2 Å². The minimum Gasteiger partial charge on any atom is -0.493 e. The summed E-state index contributed by atoms with van der Waals surface area (Å²) >= 11 is 0. The maximum atomic E-state index is 13.5. The Balaban J connectivity index is 1.90. The topological polar surface area (TPSA) is 76.1 Å². The molecule has 1 unspecified atom stereocenters. The van der Waals surface area contributed by atoms with Crippen molar-refractivity contribution in [3.63, 3.8) is 0 Å². The maximum absolute atomic E-state index is 13.5. The van der Waals surface area contributed by atoms with E-state index >= 15 is 0 Å². The number of aliphatic hydroxyl groups is 1. The van der Waals surface area contributed by atoms with Crippen LogP contribution in [0.2, 0.25) is 0 Å². The van der Waals surface area contributed by atoms with Crippen LogP contribution in [-0.2, 0) is 16.0 Å². The van der Waals surface area contributed by atoms with Gasteiger partial charge in [-0.25, -0.2) is 0 Å². The number of hydrogen-bond donors (Lipinski definition) is 1.